The van der Waals surface area contributed by atoms with Gasteiger partial charge in [0.2, 0.25) is 0 Å². The van der Waals surface area contributed by atoms with Crippen molar-refractivity contribution in [3.05, 3.63) is 53.4 Å². The van der Waals surface area contributed by atoms with Crippen molar-refractivity contribution >= 4 is 33.7 Å². The van der Waals surface area contributed by atoms with E-state index in [1.54, 1.807) is 27.7 Å². The normalized spacial score (nSPS) is 19.1. The number of anilines is 1. The number of fused-ring (bicyclic) bond motifs is 3. The monoisotopic (exact) mass is 518 g/mol. The van der Waals surface area contributed by atoms with Gasteiger partial charge < -0.3 is 10.6 Å². The molecule has 5 heterocycles. The van der Waals surface area contributed by atoms with Gasteiger partial charge in [-0.05, 0) is 45.1 Å². The molecule has 6 rings (SSSR count). The highest BCUT2D eigenvalue weighted by molar-refractivity contribution is 7.21. The minimum absolute atomic E-state index is 0.185. The number of nitrogens with one attached hydrogen (secondary N) is 2. The molecule has 0 radical (unpaired) electrons. The Morgan fingerprint density at radius 2 is 2.00 bits per heavy atom. The Balaban J connectivity index is 1.14. The Labute approximate surface area is 218 Å². The van der Waals surface area contributed by atoms with Crippen LogP contribution in [0.3, 0.4) is 0 Å². The molecule has 11 heteroatoms. The molecule has 1 saturated heterocycles. The van der Waals surface area contributed by atoms with Gasteiger partial charge in [-0.3, -0.25) is 24.2 Å². The third kappa shape index (κ3) is 4.53. The summed E-state index contributed by atoms with van der Waals surface area (Å²) >= 11 is 1.49. The maximum Gasteiger partial charge on any atom is 0.260 e. The summed E-state index contributed by atoms with van der Waals surface area (Å²) in [6.45, 7) is 6.39. The van der Waals surface area contributed by atoms with Crippen molar-refractivity contribution in [2.45, 2.75) is 39.2 Å². The lowest BCUT2D eigenvalue weighted by Gasteiger charge is -2.26. The van der Waals surface area contributed by atoms with Crippen molar-refractivity contribution in [2.24, 2.45) is 13.0 Å². The summed E-state index contributed by atoms with van der Waals surface area (Å²) in [6.07, 6.45) is 10.9. The summed E-state index contributed by atoms with van der Waals surface area (Å²) in [4.78, 5) is 34.6. The minimum Gasteiger partial charge on any atom is -0.351 e. The number of aryl methyl sites for hydroxylation is 3. The Hall–Kier alpha value is -3.57. The zero-order valence-electron chi connectivity index (χ0n) is 21.2. The van der Waals surface area contributed by atoms with Crippen LogP contribution in [0.4, 0.5) is 5.69 Å². The molecule has 10 nitrogen and oxygen atoms in total. The standard InChI is InChI=1S/C26H30N8O2S/c1-15-21(13-32(3)31-15)23-14-34-26(37-23)20(11-29-34)25(36)30-22-9-18(10-28-16(22)2)24(35)27-6-7-33-12-17-4-5-19(33)8-17/h9-11,13-14,17,19H,4-8,12H2,1-3H3,(H,27,35)(H,30,36)/t17-,19?/m1/s1. The van der Waals surface area contributed by atoms with E-state index in [1.165, 1.54) is 30.6 Å². The van der Waals surface area contributed by atoms with Crippen LogP contribution in [0.5, 0.6) is 0 Å². The van der Waals surface area contributed by atoms with Crippen LogP contribution in [0.25, 0.3) is 15.3 Å². The number of piperidine rings is 1. The van der Waals surface area contributed by atoms with E-state index in [0.29, 0.717) is 35.1 Å². The Morgan fingerprint density at radius 3 is 2.73 bits per heavy atom. The molecule has 2 fully saturated rings. The van der Waals surface area contributed by atoms with Crippen molar-refractivity contribution in [3.63, 3.8) is 0 Å². The second-order valence-corrected chi connectivity index (χ2v) is 11.1. The van der Waals surface area contributed by atoms with Crippen LogP contribution in [0.15, 0.2) is 30.9 Å². The second kappa shape index (κ2) is 9.38. The second-order valence-electron chi connectivity index (χ2n) is 10.1. The highest BCUT2D eigenvalue weighted by Gasteiger charge is 2.37. The number of hydrogen-bond donors (Lipinski definition) is 2. The van der Waals surface area contributed by atoms with Crippen LogP contribution in [0, 0.1) is 19.8 Å². The van der Waals surface area contributed by atoms with Crippen LogP contribution in [0.2, 0.25) is 0 Å². The molecule has 2 amide bonds. The molecule has 1 aliphatic carbocycles. The quantitative estimate of drug-likeness (QED) is 0.389. The molecule has 1 saturated carbocycles. The lowest BCUT2D eigenvalue weighted by molar-refractivity contribution is 0.0943. The number of carbonyl (C=O) groups is 2. The number of pyridine rings is 1. The SMILES string of the molecule is Cc1ncc(C(=O)NCCN2C[C@@H]3CCC2C3)cc1NC(=O)c1cnn2cc(-c3cn(C)nc3C)sc12. The van der Waals surface area contributed by atoms with Gasteiger partial charge in [-0.2, -0.15) is 10.2 Å². The first-order valence-electron chi connectivity index (χ1n) is 12.6. The fourth-order valence-electron chi connectivity index (χ4n) is 5.60. The molecule has 0 aromatic carbocycles. The van der Waals surface area contributed by atoms with E-state index in [9.17, 15) is 9.59 Å². The number of rotatable bonds is 7. The van der Waals surface area contributed by atoms with Crippen LogP contribution in [0.1, 0.15) is 51.4 Å². The van der Waals surface area contributed by atoms with Gasteiger partial charge in [-0.15, -0.1) is 11.3 Å². The van der Waals surface area contributed by atoms with Crippen LogP contribution in [-0.2, 0) is 7.05 Å². The van der Waals surface area contributed by atoms with Gasteiger partial charge in [0.25, 0.3) is 11.8 Å². The third-order valence-electron chi connectivity index (χ3n) is 7.52. The molecule has 4 aromatic rings. The summed E-state index contributed by atoms with van der Waals surface area (Å²) < 4.78 is 3.48. The highest BCUT2D eigenvalue weighted by atomic mass is 32.1. The maximum atomic E-state index is 13.2. The van der Waals surface area contributed by atoms with Crippen molar-refractivity contribution in [1.29, 1.82) is 0 Å². The van der Waals surface area contributed by atoms with Crippen molar-refractivity contribution < 1.29 is 9.59 Å². The number of thiazole rings is 1. The minimum atomic E-state index is -0.294. The molecule has 4 aromatic heterocycles. The molecular formula is C26H30N8O2S. The molecule has 0 spiro atoms. The molecule has 2 atom stereocenters. The lowest BCUT2D eigenvalue weighted by atomic mass is 10.1. The smallest absolute Gasteiger partial charge is 0.260 e. The fourth-order valence-corrected chi connectivity index (χ4v) is 6.72. The van der Waals surface area contributed by atoms with Gasteiger partial charge >= 0.3 is 0 Å². The molecule has 1 unspecified atom stereocenters. The van der Waals surface area contributed by atoms with Gasteiger partial charge in [0, 0.05) is 56.9 Å². The van der Waals surface area contributed by atoms with E-state index >= 15 is 0 Å². The molecule has 192 valence electrons. The van der Waals surface area contributed by atoms with E-state index in [1.807, 2.05) is 33.3 Å². The lowest BCUT2D eigenvalue weighted by Crippen LogP contribution is -2.39. The van der Waals surface area contributed by atoms with Gasteiger partial charge in [0.1, 0.15) is 4.83 Å². The first-order chi connectivity index (χ1) is 17.9. The maximum absolute atomic E-state index is 13.2. The van der Waals surface area contributed by atoms with Crippen molar-refractivity contribution in [2.75, 3.05) is 25.0 Å². The zero-order valence-corrected chi connectivity index (χ0v) is 22.0. The predicted molar refractivity (Wildman–Crippen MR) is 142 cm³/mol. The number of aromatic nitrogens is 5. The summed E-state index contributed by atoms with van der Waals surface area (Å²) in [6, 6.07) is 2.38. The van der Waals surface area contributed by atoms with Crippen LogP contribution >= 0.6 is 11.3 Å². The van der Waals surface area contributed by atoms with E-state index in [4.69, 9.17) is 0 Å². The van der Waals surface area contributed by atoms with Gasteiger partial charge in [0.05, 0.1) is 39.3 Å². The number of hydrogen-bond acceptors (Lipinski definition) is 7. The molecule has 2 N–H and O–H groups in total. The predicted octanol–water partition coefficient (Wildman–Crippen LogP) is 3.27. The van der Waals surface area contributed by atoms with Crippen LogP contribution < -0.4 is 10.6 Å². The molecule has 37 heavy (non-hydrogen) atoms. The third-order valence-corrected chi connectivity index (χ3v) is 8.67. The van der Waals surface area contributed by atoms with Gasteiger partial charge in [-0.25, -0.2) is 4.52 Å². The van der Waals surface area contributed by atoms with E-state index in [0.717, 1.165) is 40.0 Å². The first kappa shape index (κ1) is 23.8. The average molecular weight is 519 g/mol. The average Bonchev–Trinajstić information content (AvgIpc) is 3.67. The van der Waals surface area contributed by atoms with Gasteiger partial charge in [0.15, 0.2) is 0 Å². The number of nitrogens with zero attached hydrogens (tertiary/aromatic N) is 6. The molecular weight excluding hydrogens is 488 g/mol. The van der Waals surface area contributed by atoms with Crippen molar-refractivity contribution in [1.82, 2.24) is 34.6 Å². The fraction of sp³-hybridized carbons (Fsp3) is 0.423. The largest absolute Gasteiger partial charge is 0.351 e. The Morgan fingerprint density at radius 1 is 1.14 bits per heavy atom. The first-order valence-corrected chi connectivity index (χ1v) is 13.5. The molecule has 2 bridgehead atoms. The number of amides is 2. The zero-order chi connectivity index (χ0) is 25.7. The summed E-state index contributed by atoms with van der Waals surface area (Å²) in [5, 5.41) is 14.7. The Bertz CT molecular complexity index is 1500. The van der Waals surface area contributed by atoms with Crippen molar-refractivity contribution in [3.8, 4) is 10.4 Å². The van der Waals surface area contributed by atoms with E-state index in [-0.39, 0.29) is 11.8 Å². The molecule has 2 aliphatic rings. The van der Waals surface area contributed by atoms with Gasteiger partial charge in [-0.1, -0.05) is 0 Å². The molecule has 1 aliphatic heterocycles. The summed E-state index contributed by atoms with van der Waals surface area (Å²) in [5.74, 6) is 0.360. The summed E-state index contributed by atoms with van der Waals surface area (Å²) in [7, 11) is 1.88. The number of carbonyl (C=O) groups excluding carboxylic acids is 2. The Kier molecular flexibility index (Phi) is 6.04. The highest BCUT2D eigenvalue weighted by Crippen LogP contribution is 2.37. The topological polar surface area (TPSA) is 109 Å². The van der Waals surface area contributed by atoms with E-state index < -0.39 is 0 Å². The number of likely N-dealkylation sites (tertiary alicyclic amines) is 1. The van der Waals surface area contributed by atoms with Crippen LogP contribution in [-0.4, -0.2) is 66.8 Å². The van der Waals surface area contributed by atoms with E-state index in [2.05, 4.69) is 30.7 Å². The summed E-state index contributed by atoms with van der Waals surface area (Å²) in [5.41, 5.74) is 3.97.